The van der Waals surface area contributed by atoms with E-state index in [-0.39, 0.29) is 31.0 Å². The monoisotopic (exact) mass is 374 g/mol. The lowest BCUT2D eigenvalue weighted by molar-refractivity contribution is 0.0924. The minimum Gasteiger partial charge on any atom is -0.489 e. The summed E-state index contributed by atoms with van der Waals surface area (Å²) in [4.78, 5) is 12.5. The highest BCUT2D eigenvalue weighted by Gasteiger charge is 2.20. The van der Waals surface area contributed by atoms with Gasteiger partial charge in [-0.05, 0) is 31.5 Å². The first kappa shape index (κ1) is 19.8. The summed E-state index contributed by atoms with van der Waals surface area (Å²) in [5, 5.41) is 3.75. The van der Waals surface area contributed by atoms with Crippen molar-refractivity contribution in [1.29, 1.82) is 0 Å². The number of hydrogen-bond acceptors (Lipinski definition) is 4. The number of fused-ring (bicyclic) bond motifs is 1. The summed E-state index contributed by atoms with van der Waals surface area (Å²) in [6.07, 6.45) is 0.710. The molecule has 26 heavy (non-hydrogen) atoms. The van der Waals surface area contributed by atoms with E-state index in [2.05, 4.69) is 5.32 Å². The van der Waals surface area contributed by atoms with Crippen LogP contribution in [-0.4, -0.2) is 18.5 Å². The Morgan fingerprint density at radius 2 is 1.85 bits per heavy atom. The van der Waals surface area contributed by atoms with Crippen molar-refractivity contribution in [3.05, 3.63) is 65.9 Å². The second-order valence-electron chi connectivity index (χ2n) is 6.03. The lowest BCUT2D eigenvalue weighted by Gasteiger charge is -2.08. The van der Waals surface area contributed by atoms with Crippen LogP contribution in [0.15, 0.2) is 59.0 Å². The summed E-state index contributed by atoms with van der Waals surface area (Å²) in [5.41, 5.74) is 7.15. The van der Waals surface area contributed by atoms with Gasteiger partial charge in [0.15, 0.2) is 5.76 Å². The lowest BCUT2D eigenvalue weighted by Crippen LogP contribution is -2.29. The molecule has 3 aromatic rings. The predicted molar refractivity (Wildman–Crippen MR) is 105 cm³/mol. The van der Waals surface area contributed by atoms with Gasteiger partial charge in [0.1, 0.15) is 17.9 Å². The van der Waals surface area contributed by atoms with Crippen LogP contribution in [0.5, 0.6) is 5.75 Å². The maximum atomic E-state index is 12.5. The van der Waals surface area contributed by atoms with Crippen molar-refractivity contribution >= 4 is 29.3 Å². The van der Waals surface area contributed by atoms with Gasteiger partial charge in [-0.2, -0.15) is 0 Å². The largest absolute Gasteiger partial charge is 0.489 e. The Labute approximate surface area is 158 Å². The molecule has 0 radical (unpaired) electrons. The van der Waals surface area contributed by atoms with Crippen LogP contribution < -0.4 is 15.8 Å². The van der Waals surface area contributed by atoms with E-state index in [9.17, 15) is 4.79 Å². The Kier molecular flexibility index (Phi) is 7.06. The average molecular weight is 375 g/mol. The van der Waals surface area contributed by atoms with E-state index in [0.717, 1.165) is 16.7 Å². The third-order valence-corrected chi connectivity index (χ3v) is 3.92. The zero-order valence-electron chi connectivity index (χ0n) is 14.6. The van der Waals surface area contributed by atoms with Gasteiger partial charge in [0.2, 0.25) is 0 Å². The first-order chi connectivity index (χ1) is 12.1. The summed E-state index contributed by atoms with van der Waals surface area (Å²) in [6, 6.07) is 17.1. The van der Waals surface area contributed by atoms with Crippen molar-refractivity contribution in [2.75, 3.05) is 6.54 Å². The number of ether oxygens (including phenoxy) is 1. The summed E-state index contributed by atoms with van der Waals surface area (Å²) in [5.74, 6) is 0.793. The zero-order chi connectivity index (χ0) is 17.6. The summed E-state index contributed by atoms with van der Waals surface area (Å²) in [6.45, 7) is 2.68. The molecule has 1 aromatic heterocycles. The number of halogens is 1. The highest BCUT2D eigenvalue weighted by molar-refractivity contribution is 5.99. The van der Waals surface area contributed by atoms with Gasteiger partial charge < -0.3 is 20.2 Å². The second kappa shape index (κ2) is 9.27. The maximum absolute atomic E-state index is 12.5. The van der Waals surface area contributed by atoms with Crippen LogP contribution in [0.1, 0.15) is 29.5 Å². The molecule has 2 aromatic carbocycles. The number of rotatable bonds is 7. The molecule has 0 bridgehead atoms. The fourth-order valence-corrected chi connectivity index (χ4v) is 2.59. The Morgan fingerprint density at radius 1 is 1.15 bits per heavy atom. The van der Waals surface area contributed by atoms with Gasteiger partial charge in [0.25, 0.3) is 5.91 Å². The van der Waals surface area contributed by atoms with E-state index >= 15 is 0 Å². The van der Waals surface area contributed by atoms with Crippen LogP contribution in [0.3, 0.4) is 0 Å². The third-order valence-electron chi connectivity index (χ3n) is 3.92. The fraction of sp³-hybridized carbons (Fsp3) is 0.250. The zero-order valence-corrected chi connectivity index (χ0v) is 15.4. The smallest absolute Gasteiger partial charge is 0.287 e. The molecule has 1 amide bonds. The molecule has 3 N–H and O–H groups in total. The number of carbonyl (C=O) groups excluding carboxylic acids is 1. The molecule has 1 atom stereocenters. The molecule has 0 aliphatic carbocycles. The minimum atomic E-state index is -0.247. The van der Waals surface area contributed by atoms with E-state index in [1.807, 2.05) is 61.5 Å². The quantitative estimate of drug-likeness (QED) is 0.657. The minimum absolute atomic E-state index is 0. The topological polar surface area (TPSA) is 77.5 Å². The summed E-state index contributed by atoms with van der Waals surface area (Å²) < 4.78 is 11.6. The van der Waals surface area contributed by atoms with E-state index in [0.29, 0.717) is 24.3 Å². The predicted octanol–water partition coefficient (Wildman–Crippen LogP) is 3.90. The molecule has 3 rings (SSSR count). The van der Waals surface area contributed by atoms with Crippen molar-refractivity contribution in [3.8, 4) is 5.75 Å². The van der Waals surface area contributed by atoms with Gasteiger partial charge >= 0.3 is 0 Å². The Morgan fingerprint density at radius 3 is 2.58 bits per heavy atom. The Balaban J connectivity index is 0.00000243. The van der Waals surface area contributed by atoms with Crippen LogP contribution in [0.4, 0.5) is 0 Å². The van der Waals surface area contributed by atoms with Crippen LogP contribution in [-0.2, 0) is 6.61 Å². The fourth-order valence-electron chi connectivity index (χ4n) is 2.59. The third kappa shape index (κ3) is 4.77. The summed E-state index contributed by atoms with van der Waals surface area (Å²) in [7, 11) is 0. The van der Waals surface area contributed by atoms with Crippen molar-refractivity contribution in [2.24, 2.45) is 5.73 Å². The molecular weight excluding hydrogens is 352 g/mol. The molecule has 6 heteroatoms. The van der Waals surface area contributed by atoms with Gasteiger partial charge in [-0.3, -0.25) is 4.79 Å². The van der Waals surface area contributed by atoms with Crippen molar-refractivity contribution < 1.29 is 13.9 Å². The van der Waals surface area contributed by atoms with Crippen LogP contribution in [0.25, 0.3) is 11.0 Å². The lowest BCUT2D eigenvalue weighted by atomic mass is 10.1. The van der Waals surface area contributed by atoms with Crippen molar-refractivity contribution in [3.63, 3.8) is 0 Å². The van der Waals surface area contributed by atoms with E-state index in [1.54, 1.807) is 0 Å². The Hall–Kier alpha value is -2.50. The van der Waals surface area contributed by atoms with Crippen molar-refractivity contribution in [2.45, 2.75) is 26.0 Å². The molecule has 1 unspecified atom stereocenters. The highest BCUT2D eigenvalue weighted by atomic mass is 35.5. The SMILES string of the molecule is CC(N)CCNC(=O)c1oc2ccccc2c1COc1ccccc1.Cl. The van der Waals surface area contributed by atoms with Crippen LogP contribution >= 0.6 is 12.4 Å². The van der Waals surface area contributed by atoms with Gasteiger partial charge in [0, 0.05) is 23.5 Å². The molecular formula is C20H23ClN2O3. The van der Waals surface area contributed by atoms with E-state index in [4.69, 9.17) is 14.9 Å². The van der Waals surface area contributed by atoms with E-state index in [1.165, 1.54) is 0 Å². The number of benzene rings is 2. The number of furan rings is 1. The first-order valence-electron chi connectivity index (χ1n) is 8.37. The van der Waals surface area contributed by atoms with Gasteiger partial charge in [-0.25, -0.2) is 0 Å². The maximum Gasteiger partial charge on any atom is 0.287 e. The molecule has 1 heterocycles. The molecule has 0 saturated carbocycles. The molecule has 138 valence electrons. The number of carbonyl (C=O) groups is 1. The molecule has 0 aliphatic rings. The number of nitrogens with one attached hydrogen (secondary N) is 1. The molecule has 5 nitrogen and oxygen atoms in total. The van der Waals surface area contributed by atoms with Gasteiger partial charge in [0.05, 0.1) is 0 Å². The number of amides is 1. The molecule has 0 saturated heterocycles. The Bertz CT molecular complexity index is 847. The number of hydrogen-bond donors (Lipinski definition) is 2. The molecule has 0 fully saturated rings. The van der Waals surface area contributed by atoms with Gasteiger partial charge in [-0.1, -0.05) is 36.4 Å². The molecule has 0 aliphatic heterocycles. The number of nitrogens with two attached hydrogens (primary N) is 1. The standard InChI is InChI=1S/C20H22N2O3.ClH/c1-14(21)11-12-22-20(23)19-17(13-24-15-7-3-2-4-8-15)16-9-5-6-10-18(16)25-19;/h2-10,14H,11-13,21H2,1H3,(H,22,23);1H. The van der Waals surface area contributed by atoms with Crippen molar-refractivity contribution in [1.82, 2.24) is 5.32 Å². The van der Waals surface area contributed by atoms with Crippen LogP contribution in [0.2, 0.25) is 0 Å². The molecule has 0 spiro atoms. The van der Waals surface area contributed by atoms with Crippen LogP contribution in [0, 0.1) is 0 Å². The van der Waals surface area contributed by atoms with Gasteiger partial charge in [-0.15, -0.1) is 12.4 Å². The second-order valence-corrected chi connectivity index (χ2v) is 6.03. The summed E-state index contributed by atoms with van der Waals surface area (Å²) >= 11 is 0. The highest BCUT2D eigenvalue weighted by Crippen LogP contribution is 2.27. The normalized spacial score (nSPS) is 11.6. The number of para-hydroxylation sites is 2. The average Bonchev–Trinajstić information content (AvgIpc) is 2.99. The first-order valence-corrected chi connectivity index (χ1v) is 8.37. The van der Waals surface area contributed by atoms with E-state index < -0.39 is 0 Å².